The maximum atomic E-state index is 12.6. The van der Waals surface area contributed by atoms with E-state index in [0.717, 1.165) is 41.0 Å². The van der Waals surface area contributed by atoms with E-state index in [2.05, 4.69) is 51.0 Å². The molecule has 1 N–H and O–H groups in total. The maximum absolute atomic E-state index is 12.6. The lowest BCUT2D eigenvalue weighted by Crippen LogP contribution is -2.42. The number of carbonyl (C=O) groups is 1. The molecule has 4 rings (SSSR count). The van der Waals surface area contributed by atoms with Crippen LogP contribution in [0.3, 0.4) is 0 Å². The molecular formula is C19H23N5OS2. The van der Waals surface area contributed by atoms with Crippen LogP contribution in [-0.4, -0.2) is 33.8 Å². The Morgan fingerprint density at radius 1 is 1.22 bits per heavy atom. The molecule has 0 unspecified atom stereocenters. The molecule has 1 fully saturated rings. The van der Waals surface area contributed by atoms with E-state index >= 15 is 0 Å². The van der Waals surface area contributed by atoms with E-state index < -0.39 is 0 Å². The van der Waals surface area contributed by atoms with Crippen LogP contribution in [0.2, 0.25) is 0 Å². The Balaban J connectivity index is 1.42. The number of nitrogens with one attached hydrogen (secondary N) is 1. The molecule has 27 heavy (non-hydrogen) atoms. The first-order valence-electron chi connectivity index (χ1n) is 9.15. The van der Waals surface area contributed by atoms with Crippen LogP contribution in [0.15, 0.2) is 29.6 Å². The number of rotatable bonds is 5. The molecule has 1 amide bonds. The number of hydrogen-bond donors (Lipinski definition) is 1. The lowest BCUT2D eigenvalue weighted by molar-refractivity contribution is -0.125. The predicted octanol–water partition coefficient (Wildman–Crippen LogP) is 3.54. The summed E-state index contributed by atoms with van der Waals surface area (Å²) in [5.74, 6) is 0.135. The fourth-order valence-electron chi connectivity index (χ4n) is 3.49. The fourth-order valence-corrected chi connectivity index (χ4v) is 5.14. The van der Waals surface area contributed by atoms with E-state index in [9.17, 15) is 4.79 Å². The highest BCUT2D eigenvalue weighted by Gasteiger charge is 2.28. The normalized spacial score (nSPS) is 17.3. The van der Waals surface area contributed by atoms with Crippen molar-refractivity contribution in [1.29, 1.82) is 0 Å². The zero-order valence-corrected chi connectivity index (χ0v) is 17.1. The van der Waals surface area contributed by atoms with Crippen molar-refractivity contribution in [2.45, 2.75) is 33.2 Å². The standard InChI is InChI=1S/C19H23N5OS2/c1-13-7-8-14(2)24(13)19-22-21-18(27-19)23-9-3-5-15(12-23)17(25)20-11-16-6-4-10-26-16/h4,6-8,10,15H,3,5,9,11-12H2,1-2H3,(H,20,25)/t15-/m1/s1. The smallest absolute Gasteiger partial charge is 0.225 e. The molecule has 0 spiro atoms. The van der Waals surface area contributed by atoms with Crippen LogP contribution in [-0.2, 0) is 11.3 Å². The van der Waals surface area contributed by atoms with Crippen molar-refractivity contribution >= 4 is 33.7 Å². The van der Waals surface area contributed by atoms with Gasteiger partial charge in [-0.05, 0) is 50.3 Å². The van der Waals surface area contributed by atoms with Crippen molar-refractivity contribution in [1.82, 2.24) is 20.1 Å². The number of thiophene rings is 1. The number of carbonyl (C=O) groups excluding carboxylic acids is 1. The van der Waals surface area contributed by atoms with Gasteiger partial charge in [0.2, 0.25) is 16.2 Å². The van der Waals surface area contributed by atoms with Gasteiger partial charge in [0.05, 0.1) is 12.5 Å². The molecule has 3 aromatic rings. The van der Waals surface area contributed by atoms with Gasteiger partial charge in [-0.15, -0.1) is 21.5 Å². The highest BCUT2D eigenvalue weighted by molar-refractivity contribution is 7.17. The van der Waals surface area contributed by atoms with E-state index in [4.69, 9.17) is 0 Å². The summed E-state index contributed by atoms with van der Waals surface area (Å²) in [6, 6.07) is 8.23. The van der Waals surface area contributed by atoms with Crippen LogP contribution >= 0.6 is 22.7 Å². The minimum atomic E-state index is 0.00103. The summed E-state index contributed by atoms with van der Waals surface area (Å²) in [5.41, 5.74) is 2.30. The number of amides is 1. The Morgan fingerprint density at radius 2 is 2.00 bits per heavy atom. The van der Waals surface area contributed by atoms with Crippen LogP contribution in [0.25, 0.3) is 5.13 Å². The first-order chi connectivity index (χ1) is 13.1. The van der Waals surface area contributed by atoms with Crippen LogP contribution in [0.1, 0.15) is 29.1 Å². The Bertz CT molecular complexity index is 895. The third kappa shape index (κ3) is 3.91. The van der Waals surface area contributed by atoms with Crippen molar-refractivity contribution < 1.29 is 4.79 Å². The molecule has 8 heteroatoms. The first-order valence-corrected chi connectivity index (χ1v) is 10.9. The highest BCUT2D eigenvalue weighted by Crippen LogP contribution is 2.29. The number of aryl methyl sites for hydroxylation is 2. The molecule has 0 radical (unpaired) electrons. The summed E-state index contributed by atoms with van der Waals surface area (Å²) < 4.78 is 2.12. The van der Waals surface area contributed by atoms with Gasteiger partial charge in [0.25, 0.3) is 0 Å². The minimum absolute atomic E-state index is 0.00103. The maximum Gasteiger partial charge on any atom is 0.225 e. The molecule has 1 saturated heterocycles. The molecular weight excluding hydrogens is 378 g/mol. The highest BCUT2D eigenvalue weighted by atomic mass is 32.1. The van der Waals surface area contributed by atoms with Gasteiger partial charge in [-0.1, -0.05) is 17.4 Å². The molecule has 4 heterocycles. The van der Waals surface area contributed by atoms with Gasteiger partial charge in [0, 0.05) is 29.4 Å². The molecule has 1 atom stereocenters. The number of hydrogen-bond acceptors (Lipinski definition) is 6. The van der Waals surface area contributed by atoms with Crippen molar-refractivity contribution in [3.05, 3.63) is 45.9 Å². The van der Waals surface area contributed by atoms with Gasteiger partial charge in [0.1, 0.15) is 0 Å². The van der Waals surface area contributed by atoms with Crippen molar-refractivity contribution in [3.63, 3.8) is 0 Å². The quantitative estimate of drug-likeness (QED) is 0.710. The molecule has 0 aromatic carbocycles. The average molecular weight is 402 g/mol. The van der Waals surface area contributed by atoms with E-state index in [0.29, 0.717) is 13.1 Å². The van der Waals surface area contributed by atoms with Gasteiger partial charge < -0.3 is 10.2 Å². The molecule has 1 aliphatic rings. The Hall–Kier alpha value is -2.19. The summed E-state index contributed by atoms with van der Waals surface area (Å²) in [5, 5.41) is 15.7. The number of piperidine rings is 1. The van der Waals surface area contributed by atoms with Crippen LogP contribution < -0.4 is 10.2 Å². The SMILES string of the molecule is Cc1ccc(C)n1-c1nnc(N2CCC[C@@H](C(=O)NCc3cccs3)C2)s1. The van der Waals surface area contributed by atoms with Gasteiger partial charge in [-0.25, -0.2) is 0 Å². The van der Waals surface area contributed by atoms with Crippen molar-refractivity contribution in [3.8, 4) is 5.13 Å². The van der Waals surface area contributed by atoms with Crippen molar-refractivity contribution in [2.75, 3.05) is 18.0 Å². The van der Waals surface area contributed by atoms with E-state index in [1.165, 1.54) is 4.88 Å². The number of aromatic nitrogens is 3. The zero-order chi connectivity index (χ0) is 18.8. The third-order valence-electron chi connectivity index (χ3n) is 4.95. The molecule has 0 bridgehead atoms. The summed E-state index contributed by atoms with van der Waals surface area (Å²) in [6.07, 6.45) is 1.92. The Kier molecular flexibility index (Phi) is 5.27. The van der Waals surface area contributed by atoms with Crippen LogP contribution in [0, 0.1) is 19.8 Å². The monoisotopic (exact) mass is 401 g/mol. The Morgan fingerprint density at radius 3 is 2.74 bits per heavy atom. The van der Waals surface area contributed by atoms with E-state index in [1.807, 2.05) is 17.5 Å². The third-order valence-corrected chi connectivity index (χ3v) is 6.79. The lowest BCUT2D eigenvalue weighted by atomic mass is 9.97. The molecule has 6 nitrogen and oxygen atoms in total. The van der Waals surface area contributed by atoms with Gasteiger partial charge in [0.15, 0.2) is 0 Å². The second kappa shape index (κ2) is 7.82. The topological polar surface area (TPSA) is 63.1 Å². The second-order valence-corrected chi connectivity index (χ2v) is 8.87. The lowest BCUT2D eigenvalue weighted by Gasteiger charge is -2.31. The number of anilines is 1. The molecule has 0 saturated carbocycles. The fraction of sp³-hybridized carbons (Fsp3) is 0.421. The average Bonchev–Trinajstić information content (AvgIpc) is 3.42. The second-order valence-electron chi connectivity index (χ2n) is 6.90. The Labute approximate surface area is 166 Å². The zero-order valence-electron chi connectivity index (χ0n) is 15.5. The summed E-state index contributed by atoms with van der Waals surface area (Å²) >= 11 is 3.26. The first kappa shape index (κ1) is 18.2. The molecule has 3 aromatic heterocycles. The molecule has 1 aliphatic heterocycles. The molecule has 0 aliphatic carbocycles. The van der Waals surface area contributed by atoms with Gasteiger partial charge in [-0.2, -0.15) is 0 Å². The number of nitrogens with zero attached hydrogens (tertiary/aromatic N) is 4. The predicted molar refractivity (Wildman–Crippen MR) is 110 cm³/mol. The molecule has 142 valence electrons. The minimum Gasteiger partial charge on any atom is -0.351 e. The van der Waals surface area contributed by atoms with E-state index in [-0.39, 0.29) is 11.8 Å². The summed E-state index contributed by atoms with van der Waals surface area (Å²) in [7, 11) is 0. The van der Waals surface area contributed by atoms with Gasteiger partial charge in [-0.3, -0.25) is 9.36 Å². The van der Waals surface area contributed by atoms with Gasteiger partial charge >= 0.3 is 0 Å². The van der Waals surface area contributed by atoms with Crippen LogP contribution in [0.4, 0.5) is 5.13 Å². The van der Waals surface area contributed by atoms with Crippen molar-refractivity contribution in [2.24, 2.45) is 5.92 Å². The van der Waals surface area contributed by atoms with Crippen LogP contribution in [0.5, 0.6) is 0 Å². The summed E-state index contributed by atoms with van der Waals surface area (Å²) in [4.78, 5) is 16.0. The van der Waals surface area contributed by atoms with E-state index in [1.54, 1.807) is 22.7 Å². The summed E-state index contributed by atoms with van der Waals surface area (Å²) in [6.45, 7) is 6.38. The largest absolute Gasteiger partial charge is 0.351 e.